The standard InChI is InChI=1S/C12H17N3O3/c1-7(2)10(11(16)17)15-12(18)14-9-5-4-8(3)13-6-9/h4-7,10H,1-3H3,(H,16,17)(H2,14,15,18)/t10-/m0/s1. The lowest BCUT2D eigenvalue weighted by Gasteiger charge is -2.18. The minimum absolute atomic E-state index is 0.190. The van der Waals surface area contributed by atoms with Crippen molar-refractivity contribution in [2.45, 2.75) is 26.8 Å². The summed E-state index contributed by atoms with van der Waals surface area (Å²) in [6, 6.07) is 1.99. The summed E-state index contributed by atoms with van der Waals surface area (Å²) >= 11 is 0. The number of anilines is 1. The zero-order valence-electron chi connectivity index (χ0n) is 10.6. The fourth-order valence-corrected chi connectivity index (χ4v) is 1.36. The number of carboxylic acids is 1. The van der Waals surface area contributed by atoms with Crippen molar-refractivity contribution in [2.24, 2.45) is 5.92 Å². The topological polar surface area (TPSA) is 91.3 Å². The van der Waals surface area contributed by atoms with Gasteiger partial charge in [0.2, 0.25) is 0 Å². The normalized spacial score (nSPS) is 12.0. The van der Waals surface area contributed by atoms with E-state index in [2.05, 4.69) is 15.6 Å². The molecule has 0 aliphatic heterocycles. The third-order valence-corrected chi connectivity index (χ3v) is 2.39. The monoisotopic (exact) mass is 251 g/mol. The Balaban J connectivity index is 2.60. The zero-order valence-corrected chi connectivity index (χ0v) is 10.6. The van der Waals surface area contributed by atoms with Crippen LogP contribution in [-0.2, 0) is 4.79 Å². The Morgan fingerprint density at radius 1 is 1.33 bits per heavy atom. The molecule has 2 amide bonds. The third kappa shape index (κ3) is 4.04. The van der Waals surface area contributed by atoms with E-state index in [-0.39, 0.29) is 5.92 Å². The summed E-state index contributed by atoms with van der Waals surface area (Å²) in [5, 5.41) is 13.9. The number of aromatic nitrogens is 1. The summed E-state index contributed by atoms with van der Waals surface area (Å²) < 4.78 is 0. The maximum absolute atomic E-state index is 11.6. The van der Waals surface area contributed by atoms with Crippen LogP contribution in [-0.4, -0.2) is 28.1 Å². The molecule has 0 fully saturated rings. The largest absolute Gasteiger partial charge is 0.480 e. The molecule has 1 atom stereocenters. The van der Waals surface area contributed by atoms with Gasteiger partial charge in [-0.2, -0.15) is 0 Å². The van der Waals surface area contributed by atoms with Crippen molar-refractivity contribution in [1.82, 2.24) is 10.3 Å². The zero-order chi connectivity index (χ0) is 13.7. The predicted molar refractivity (Wildman–Crippen MR) is 67.4 cm³/mol. The Morgan fingerprint density at radius 3 is 2.44 bits per heavy atom. The summed E-state index contributed by atoms with van der Waals surface area (Å²) in [4.78, 5) is 26.5. The van der Waals surface area contributed by atoms with Gasteiger partial charge in [0, 0.05) is 5.69 Å². The number of aryl methyl sites for hydroxylation is 1. The molecule has 1 heterocycles. The quantitative estimate of drug-likeness (QED) is 0.758. The number of hydrogen-bond donors (Lipinski definition) is 3. The van der Waals surface area contributed by atoms with Crippen molar-refractivity contribution in [2.75, 3.05) is 5.32 Å². The Morgan fingerprint density at radius 2 is 2.00 bits per heavy atom. The maximum atomic E-state index is 11.6. The van der Waals surface area contributed by atoms with E-state index in [1.165, 1.54) is 6.20 Å². The smallest absolute Gasteiger partial charge is 0.326 e. The second-order valence-electron chi connectivity index (χ2n) is 4.35. The Labute approximate surface area is 105 Å². The third-order valence-electron chi connectivity index (χ3n) is 2.39. The van der Waals surface area contributed by atoms with Crippen molar-refractivity contribution < 1.29 is 14.7 Å². The number of amides is 2. The van der Waals surface area contributed by atoms with Gasteiger partial charge in [-0.15, -0.1) is 0 Å². The molecule has 0 aliphatic carbocycles. The number of nitrogens with zero attached hydrogens (tertiary/aromatic N) is 1. The van der Waals surface area contributed by atoms with Crippen molar-refractivity contribution >= 4 is 17.7 Å². The highest BCUT2D eigenvalue weighted by Crippen LogP contribution is 2.06. The lowest BCUT2D eigenvalue weighted by Crippen LogP contribution is -2.46. The van der Waals surface area contributed by atoms with Gasteiger partial charge in [-0.3, -0.25) is 4.98 Å². The second kappa shape index (κ2) is 6.00. The molecule has 0 saturated heterocycles. The van der Waals surface area contributed by atoms with Gasteiger partial charge in [-0.25, -0.2) is 9.59 Å². The molecule has 6 nitrogen and oxygen atoms in total. The van der Waals surface area contributed by atoms with Crippen LogP contribution >= 0.6 is 0 Å². The molecule has 98 valence electrons. The number of hydrogen-bond acceptors (Lipinski definition) is 3. The van der Waals surface area contributed by atoms with Crippen LogP contribution in [0.1, 0.15) is 19.5 Å². The van der Waals surface area contributed by atoms with Gasteiger partial charge in [0.05, 0.1) is 11.9 Å². The average Bonchev–Trinajstić information content (AvgIpc) is 2.28. The molecule has 1 aromatic heterocycles. The number of urea groups is 1. The van der Waals surface area contributed by atoms with Crippen LogP contribution in [0.3, 0.4) is 0 Å². The lowest BCUT2D eigenvalue weighted by atomic mass is 10.1. The van der Waals surface area contributed by atoms with E-state index in [0.717, 1.165) is 5.69 Å². The highest BCUT2D eigenvalue weighted by molar-refractivity contribution is 5.92. The van der Waals surface area contributed by atoms with Crippen molar-refractivity contribution in [3.8, 4) is 0 Å². The van der Waals surface area contributed by atoms with Gasteiger partial charge >= 0.3 is 12.0 Å². The molecule has 0 unspecified atom stereocenters. The molecule has 0 radical (unpaired) electrons. The Hall–Kier alpha value is -2.11. The Bertz CT molecular complexity index is 429. The van der Waals surface area contributed by atoms with Gasteiger partial charge in [-0.05, 0) is 25.0 Å². The molecule has 0 aliphatic rings. The first kappa shape index (κ1) is 14.0. The summed E-state index contributed by atoms with van der Waals surface area (Å²) in [6.45, 7) is 5.29. The number of rotatable bonds is 4. The first-order valence-corrected chi connectivity index (χ1v) is 5.63. The van der Waals surface area contributed by atoms with E-state index in [1.807, 2.05) is 6.92 Å². The van der Waals surface area contributed by atoms with Crippen LogP contribution in [0.25, 0.3) is 0 Å². The molecule has 1 rings (SSSR count). The highest BCUT2D eigenvalue weighted by atomic mass is 16.4. The maximum Gasteiger partial charge on any atom is 0.326 e. The predicted octanol–water partition coefficient (Wildman–Crippen LogP) is 1.62. The average molecular weight is 251 g/mol. The molecular formula is C12H17N3O3. The van der Waals surface area contributed by atoms with Gasteiger partial charge in [-0.1, -0.05) is 13.8 Å². The molecule has 0 aromatic carbocycles. The van der Waals surface area contributed by atoms with E-state index in [1.54, 1.807) is 26.0 Å². The molecule has 0 bridgehead atoms. The number of nitrogens with one attached hydrogen (secondary N) is 2. The fraction of sp³-hybridized carbons (Fsp3) is 0.417. The Kier molecular flexibility index (Phi) is 4.65. The number of carbonyl (C=O) groups is 2. The summed E-state index contributed by atoms with van der Waals surface area (Å²) in [5.41, 5.74) is 1.36. The van der Waals surface area contributed by atoms with Gasteiger partial charge in [0.25, 0.3) is 0 Å². The first-order valence-electron chi connectivity index (χ1n) is 5.63. The fourth-order valence-electron chi connectivity index (χ4n) is 1.36. The van der Waals surface area contributed by atoms with Crippen molar-refractivity contribution in [1.29, 1.82) is 0 Å². The number of carboxylic acid groups (broad SMARTS) is 1. The molecule has 1 aromatic rings. The van der Waals surface area contributed by atoms with E-state index >= 15 is 0 Å². The molecule has 0 saturated carbocycles. The molecule has 6 heteroatoms. The van der Waals surface area contributed by atoms with Crippen LogP contribution in [0.5, 0.6) is 0 Å². The summed E-state index contributed by atoms with van der Waals surface area (Å²) in [7, 11) is 0. The van der Waals surface area contributed by atoms with Crippen LogP contribution in [0.4, 0.5) is 10.5 Å². The summed E-state index contributed by atoms with van der Waals surface area (Å²) in [6.07, 6.45) is 1.51. The number of carbonyl (C=O) groups excluding carboxylic acids is 1. The highest BCUT2D eigenvalue weighted by Gasteiger charge is 2.23. The summed E-state index contributed by atoms with van der Waals surface area (Å²) in [5.74, 6) is -1.24. The molecule has 3 N–H and O–H groups in total. The van der Waals surface area contributed by atoms with Crippen molar-refractivity contribution in [3.63, 3.8) is 0 Å². The number of pyridine rings is 1. The van der Waals surface area contributed by atoms with Crippen LogP contribution in [0.15, 0.2) is 18.3 Å². The molecule has 0 spiro atoms. The van der Waals surface area contributed by atoms with Gasteiger partial charge in [0.15, 0.2) is 0 Å². The SMILES string of the molecule is Cc1ccc(NC(=O)N[C@H](C(=O)O)C(C)C)cn1. The number of aliphatic carboxylic acids is 1. The van der Waals surface area contributed by atoms with E-state index in [4.69, 9.17) is 5.11 Å². The molecule has 18 heavy (non-hydrogen) atoms. The van der Waals surface area contributed by atoms with Gasteiger partial charge < -0.3 is 15.7 Å². The first-order chi connectivity index (χ1) is 8.40. The minimum atomic E-state index is -1.05. The van der Waals surface area contributed by atoms with E-state index in [9.17, 15) is 9.59 Å². The minimum Gasteiger partial charge on any atom is -0.480 e. The molecular weight excluding hydrogens is 234 g/mol. The van der Waals surface area contributed by atoms with E-state index in [0.29, 0.717) is 5.69 Å². The lowest BCUT2D eigenvalue weighted by molar-refractivity contribution is -0.140. The van der Waals surface area contributed by atoms with Crippen LogP contribution in [0, 0.1) is 12.8 Å². The second-order valence-corrected chi connectivity index (χ2v) is 4.35. The van der Waals surface area contributed by atoms with E-state index < -0.39 is 18.0 Å². The van der Waals surface area contributed by atoms with Crippen molar-refractivity contribution in [3.05, 3.63) is 24.0 Å². The van der Waals surface area contributed by atoms with Crippen LogP contribution in [0.2, 0.25) is 0 Å². The van der Waals surface area contributed by atoms with Crippen LogP contribution < -0.4 is 10.6 Å². The van der Waals surface area contributed by atoms with Gasteiger partial charge in [0.1, 0.15) is 6.04 Å².